The number of methoxy groups -OCH3 is 1. The van der Waals surface area contributed by atoms with Gasteiger partial charge in [-0.1, -0.05) is 6.07 Å². The van der Waals surface area contributed by atoms with Gasteiger partial charge in [-0.3, -0.25) is 14.3 Å². The van der Waals surface area contributed by atoms with Crippen molar-refractivity contribution in [3.63, 3.8) is 0 Å². The third kappa shape index (κ3) is 5.31. The molecular weight excluding hydrogens is 474 g/mol. The number of ether oxygens (including phenoxy) is 1. The molecule has 1 aliphatic rings. The lowest BCUT2D eigenvalue weighted by Crippen LogP contribution is -2.45. The molecule has 3 N–H and O–H groups in total. The second kappa shape index (κ2) is 9.48. The Balaban J connectivity index is 1.77. The molecule has 1 atom stereocenters. The minimum absolute atomic E-state index is 0.0626. The Morgan fingerprint density at radius 3 is 2.73 bits per heavy atom. The van der Waals surface area contributed by atoms with Crippen LogP contribution in [-0.4, -0.2) is 39.9 Å². The first kappa shape index (κ1) is 22.1. The Morgan fingerprint density at radius 1 is 1.20 bits per heavy atom. The Hall–Kier alpha value is -2.59. The van der Waals surface area contributed by atoms with Gasteiger partial charge < -0.3 is 15.4 Å². The molecule has 1 saturated heterocycles. The van der Waals surface area contributed by atoms with Crippen LogP contribution in [0, 0.1) is 0 Å². The predicted octanol–water partition coefficient (Wildman–Crippen LogP) is 2.66. The van der Waals surface area contributed by atoms with E-state index >= 15 is 0 Å². The number of amides is 2. The third-order valence-electron chi connectivity index (χ3n) is 4.65. The van der Waals surface area contributed by atoms with Crippen LogP contribution >= 0.6 is 15.9 Å². The molecule has 2 aromatic carbocycles. The lowest BCUT2D eigenvalue weighted by Gasteiger charge is -2.15. The number of carbonyl (C=O) groups is 2. The smallest absolute Gasteiger partial charge is 0.261 e. The molecule has 2 amide bonds. The predicted molar refractivity (Wildman–Crippen MR) is 116 cm³/mol. The van der Waals surface area contributed by atoms with Crippen molar-refractivity contribution in [2.75, 3.05) is 18.4 Å². The summed E-state index contributed by atoms with van der Waals surface area (Å²) in [7, 11) is -2.41. The summed E-state index contributed by atoms with van der Waals surface area (Å²) < 4.78 is 33.8. The Bertz CT molecular complexity index is 1060. The minimum atomic E-state index is -3.93. The summed E-state index contributed by atoms with van der Waals surface area (Å²) in [5.41, 5.74) is 0.499. The quantitative estimate of drug-likeness (QED) is 0.569. The second-order valence-corrected chi connectivity index (χ2v) is 9.33. The van der Waals surface area contributed by atoms with Gasteiger partial charge in [0, 0.05) is 12.1 Å². The molecule has 0 aliphatic carbocycles. The Kier molecular flexibility index (Phi) is 6.99. The summed E-state index contributed by atoms with van der Waals surface area (Å²) in [6, 6.07) is 9.83. The van der Waals surface area contributed by atoms with Crippen molar-refractivity contribution in [1.82, 2.24) is 10.6 Å². The van der Waals surface area contributed by atoms with Crippen LogP contribution in [0.15, 0.2) is 51.8 Å². The second-order valence-electron chi connectivity index (χ2n) is 6.80. The zero-order valence-corrected chi connectivity index (χ0v) is 18.7. The maximum Gasteiger partial charge on any atom is 0.261 e. The van der Waals surface area contributed by atoms with Gasteiger partial charge in [-0.05, 0) is 71.6 Å². The van der Waals surface area contributed by atoms with Gasteiger partial charge in [-0.2, -0.15) is 0 Å². The molecule has 0 spiro atoms. The van der Waals surface area contributed by atoms with Crippen LogP contribution in [-0.2, 0) is 14.8 Å². The number of nitrogens with one attached hydrogen (secondary N) is 3. The fraction of sp³-hybridized carbons (Fsp3) is 0.300. The van der Waals surface area contributed by atoms with E-state index in [1.807, 2.05) is 0 Å². The molecule has 1 fully saturated rings. The number of carbonyl (C=O) groups excluding carboxylic acids is 2. The fourth-order valence-corrected chi connectivity index (χ4v) is 4.70. The van der Waals surface area contributed by atoms with E-state index in [-0.39, 0.29) is 16.4 Å². The minimum Gasteiger partial charge on any atom is -0.496 e. The average Bonchev–Trinajstić information content (AvgIpc) is 2.92. The van der Waals surface area contributed by atoms with E-state index in [1.165, 1.54) is 31.4 Å². The van der Waals surface area contributed by atoms with Gasteiger partial charge in [0.15, 0.2) is 0 Å². The molecule has 0 bridgehead atoms. The molecule has 0 radical (unpaired) electrons. The van der Waals surface area contributed by atoms with Gasteiger partial charge >= 0.3 is 0 Å². The van der Waals surface area contributed by atoms with Crippen molar-refractivity contribution in [3.05, 3.63) is 52.5 Å². The van der Waals surface area contributed by atoms with Gasteiger partial charge in [-0.15, -0.1) is 0 Å². The van der Waals surface area contributed by atoms with Crippen LogP contribution in [0.3, 0.4) is 0 Å². The van der Waals surface area contributed by atoms with E-state index in [4.69, 9.17) is 4.74 Å². The molecule has 0 aromatic heterocycles. The van der Waals surface area contributed by atoms with Crippen molar-refractivity contribution < 1.29 is 22.7 Å². The van der Waals surface area contributed by atoms with Gasteiger partial charge in [-0.25, -0.2) is 8.42 Å². The highest BCUT2D eigenvalue weighted by Crippen LogP contribution is 2.29. The van der Waals surface area contributed by atoms with Gasteiger partial charge in [0.05, 0.1) is 22.2 Å². The lowest BCUT2D eigenvalue weighted by atomic mass is 10.1. The van der Waals surface area contributed by atoms with Crippen molar-refractivity contribution >= 4 is 43.5 Å². The standard InChI is InChI=1S/C20H22BrN3O5S/c1-29-18-9-8-14(12-16(18)21)24-30(27,28)15-6-4-5-13(11-15)19(25)23-17-7-2-3-10-22-20(17)26/h4-6,8-9,11-12,17,24H,2-3,7,10H2,1H3,(H,22,26)(H,23,25). The van der Waals surface area contributed by atoms with Gasteiger partial charge in [0.25, 0.3) is 15.9 Å². The van der Waals surface area contributed by atoms with E-state index in [9.17, 15) is 18.0 Å². The van der Waals surface area contributed by atoms with E-state index in [2.05, 4.69) is 31.3 Å². The molecule has 30 heavy (non-hydrogen) atoms. The van der Waals surface area contributed by atoms with E-state index in [0.717, 1.165) is 12.8 Å². The van der Waals surface area contributed by atoms with E-state index < -0.39 is 22.0 Å². The molecule has 160 valence electrons. The highest BCUT2D eigenvalue weighted by atomic mass is 79.9. The maximum atomic E-state index is 12.8. The first-order valence-corrected chi connectivity index (χ1v) is 11.6. The maximum absolute atomic E-state index is 12.8. The van der Waals surface area contributed by atoms with Crippen LogP contribution in [0.2, 0.25) is 0 Å². The van der Waals surface area contributed by atoms with Crippen LogP contribution in [0.5, 0.6) is 5.75 Å². The average molecular weight is 496 g/mol. The summed E-state index contributed by atoms with van der Waals surface area (Å²) in [4.78, 5) is 24.6. The highest BCUT2D eigenvalue weighted by Gasteiger charge is 2.24. The number of benzene rings is 2. The number of anilines is 1. The summed E-state index contributed by atoms with van der Waals surface area (Å²) in [5, 5.41) is 5.44. The van der Waals surface area contributed by atoms with Crippen molar-refractivity contribution in [2.24, 2.45) is 0 Å². The molecule has 1 unspecified atom stereocenters. The number of sulfonamides is 1. The van der Waals surface area contributed by atoms with Crippen LogP contribution in [0.4, 0.5) is 5.69 Å². The zero-order valence-electron chi connectivity index (χ0n) is 16.3. The van der Waals surface area contributed by atoms with Gasteiger partial charge in [0.2, 0.25) is 5.91 Å². The molecular formula is C20H22BrN3O5S. The molecule has 0 saturated carbocycles. The summed E-state index contributed by atoms with van der Waals surface area (Å²) in [6.07, 6.45) is 2.22. The molecule has 8 nitrogen and oxygen atoms in total. The number of halogens is 1. The zero-order chi connectivity index (χ0) is 21.7. The van der Waals surface area contributed by atoms with Crippen LogP contribution < -0.4 is 20.1 Å². The van der Waals surface area contributed by atoms with Crippen LogP contribution in [0.25, 0.3) is 0 Å². The number of hydrogen-bond acceptors (Lipinski definition) is 5. The fourth-order valence-electron chi connectivity index (χ4n) is 3.07. The van der Waals surface area contributed by atoms with E-state index in [1.54, 1.807) is 18.2 Å². The molecule has 3 rings (SSSR count). The first-order chi connectivity index (χ1) is 14.3. The topological polar surface area (TPSA) is 114 Å². The molecule has 1 heterocycles. The van der Waals surface area contributed by atoms with E-state index in [0.29, 0.717) is 28.9 Å². The Labute approximate surface area is 183 Å². The largest absolute Gasteiger partial charge is 0.496 e. The van der Waals surface area contributed by atoms with Crippen molar-refractivity contribution in [3.8, 4) is 5.75 Å². The van der Waals surface area contributed by atoms with Crippen molar-refractivity contribution in [1.29, 1.82) is 0 Å². The summed E-state index contributed by atoms with van der Waals surface area (Å²) in [6.45, 7) is 0.589. The molecule has 2 aromatic rings. The normalized spacial score (nSPS) is 16.9. The third-order valence-corrected chi connectivity index (χ3v) is 6.65. The molecule has 10 heteroatoms. The lowest BCUT2D eigenvalue weighted by molar-refractivity contribution is -0.122. The number of rotatable bonds is 6. The number of hydrogen-bond donors (Lipinski definition) is 3. The van der Waals surface area contributed by atoms with Gasteiger partial charge in [0.1, 0.15) is 11.8 Å². The summed E-state index contributed by atoms with van der Waals surface area (Å²) in [5.74, 6) is -0.156. The highest BCUT2D eigenvalue weighted by molar-refractivity contribution is 9.10. The summed E-state index contributed by atoms with van der Waals surface area (Å²) >= 11 is 3.31. The monoisotopic (exact) mass is 495 g/mol. The Morgan fingerprint density at radius 2 is 2.00 bits per heavy atom. The van der Waals surface area contributed by atoms with Crippen LogP contribution in [0.1, 0.15) is 29.6 Å². The first-order valence-electron chi connectivity index (χ1n) is 9.35. The SMILES string of the molecule is COc1ccc(NS(=O)(=O)c2cccc(C(=O)NC3CCCCNC3=O)c2)cc1Br. The molecule has 1 aliphatic heterocycles. The van der Waals surface area contributed by atoms with Crippen molar-refractivity contribution in [2.45, 2.75) is 30.2 Å².